The van der Waals surface area contributed by atoms with E-state index >= 15 is 0 Å². The average Bonchev–Trinajstić information content (AvgIpc) is 3.15. The Balaban J connectivity index is 1.64. The summed E-state index contributed by atoms with van der Waals surface area (Å²) < 4.78 is 1.74. The number of fused-ring (bicyclic) bond motifs is 1. The number of nitrogens with one attached hydrogen (secondary N) is 2. The SMILES string of the molecule is Cc1csc2ncnc(NCc3n[nH]c(=O)n3C3CC3)c12. The highest BCUT2D eigenvalue weighted by Crippen LogP contribution is 2.34. The molecule has 0 aromatic carbocycles. The third-order valence-electron chi connectivity index (χ3n) is 3.66. The maximum Gasteiger partial charge on any atom is 0.343 e. The van der Waals surface area contributed by atoms with Gasteiger partial charge in [0.1, 0.15) is 17.0 Å². The largest absolute Gasteiger partial charge is 0.362 e. The molecule has 1 aliphatic rings. The van der Waals surface area contributed by atoms with Crippen molar-refractivity contribution in [1.29, 1.82) is 0 Å². The highest BCUT2D eigenvalue weighted by molar-refractivity contribution is 7.17. The van der Waals surface area contributed by atoms with Crippen LogP contribution in [0.4, 0.5) is 5.82 Å². The van der Waals surface area contributed by atoms with Crippen LogP contribution in [-0.2, 0) is 6.54 Å². The Kier molecular flexibility index (Phi) is 2.78. The van der Waals surface area contributed by atoms with Crippen LogP contribution in [0.15, 0.2) is 16.5 Å². The van der Waals surface area contributed by atoms with Crippen molar-refractivity contribution in [2.45, 2.75) is 32.4 Å². The zero-order valence-electron chi connectivity index (χ0n) is 11.5. The molecule has 3 aromatic heterocycles. The minimum Gasteiger partial charge on any atom is -0.362 e. The van der Waals surface area contributed by atoms with Crippen molar-refractivity contribution in [2.24, 2.45) is 0 Å². The molecule has 0 spiro atoms. The van der Waals surface area contributed by atoms with Gasteiger partial charge >= 0.3 is 5.69 Å². The number of aromatic amines is 1. The molecule has 0 amide bonds. The molecule has 108 valence electrons. The van der Waals surface area contributed by atoms with Gasteiger partial charge in [0, 0.05) is 6.04 Å². The maximum atomic E-state index is 11.8. The van der Waals surface area contributed by atoms with Gasteiger partial charge in [0.25, 0.3) is 0 Å². The van der Waals surface area contributed by atoms with E-state index in [0.717, 1.165) is 40.3 Å². The lowest BCUT2D eigenvalue weighted by Crippen LogP contribution is -2.19. The van der Waals surface area contributed by atoms with Crippen LogP contribution in [0.5, 0.6) is 0 Å². The van der Waals surface area contributed by atoms with Gasteiger partial charge in [0.2, 0.25) is 0 Å². The number of anilines is 1. The van der Waals surface area contributed by atoms with Gasteiger partial charge in [-0.25, -0.2) is 19.9 Å². The van der Waals surface area contributed by atoms with Crippen LogP contribution in [0.25, 0.3) is 10.2 Å². The Morgan fingerprint density at radius 1 is 1.48 bits per heavy atom. The number of aryl methyl sites for hydroxylation is 1. The third-order valence-corrected chi connectivity index (χ3v) is 4.66. The maximum absolute atomic E-state index is 11.8. The zero-order chi connectivity index (χ0) is 14.4. The first kappa shape index (κ1) is 12.5. The Morgan fingerprint density at radius 3 is 3.14 bits per heavy atom. The fourth-order valence-electron chi connectivity index (χ4n) is 2.49. The molecule has 21 heavy (non-hydrogen) atoms. The quantitative estimate of drug-likeness (QED) is 0.767. The molecule has 1 aliphatic carbocycles. The molecule has 4 rings (SSSR count). The number of hydrogen-bond donors (Lipinski definition) is 2. The summed E-state index contributed by atoms with van der Waals surface area (Å²) in [6, 6.07) is 0.307. The van der Waals surface area contributed by atoms with Gasteiger partial charge in [-0.1, -0.05) is 0 Å². The first-order valence-corrected chi connectivity index (χ1v) is 7.70. The van der Waals surface area contributed by atoms with Crippen LogP contribution in [0.3, 0.4) is 0 Å². The predicted molar refractivity (Wildman–Crippen MR) is 80.6 cm³/mol. The van der Waals surface area contributed by atoms with Gasteiger partial charge < -0.3 is 5.32 Å². The Morgan fingerprint density at radius 2 is 2.33 bits per heavy atom. The second-order valence-electron chi connectivity index (χ2n) is 5.22. The van der Waals surface area contributed by atoms with E-state index in [1.54, 1.807) is 22.2 Å². The Hall–Kier alpha value is -2.22. The van der Waals surface area contributed by atoms with Gasteiger partial charge in [-0.15, -0.1) is 11.3 Å². The van der Waals surface area contributed by atoms with E-state index in [9.17, 15) is 4.79 Å². The van der Waals surface area contributed by atoms with E-state index in [2.05, 4.69) is 30.9 Å². The number of rotatable bonds is 4. The van der Waals surface area contributed by atoms with Gasteiger partial charge in [-0.3, -0.25) is 4.57 Å². The molecule has 0 saturated heterocycles. The molecule has 2 N–H and O–H groups in total. The second-order valence-corrected chi connectivity index (χ2v) is 6.08. The van der Waals surface area contributed by atoms with Crippen molar-refractivity contribution in [2.75, 3.05) is 5.32 Å². The van der Waals surface area contributed by atoms with Gasteiger partial charge in [-0.2, -0.15) is 5.10 Å². The van der Waals surface area contributed by atoms with Crippen molar-refractivity contribution in [1.82, 2.24) is 24.7 Å². The molecular formula is C13H14N6OS. The number of aromatic nitrogens is 5. The average molecular weight is 302 g/mol. The molecule has 1 saturated carbocycles. The van der Waals surface area contributed by atoms with E-state index in [1.807, 2.05) is 6.92 Å². The minimum atomic E-state index is -0.131. The van der Waals surface area contributed by atoms with E-state index in [4.69, 9.17) is 0 Å². The van der Waals surface area contributed by atoms with E-state index in [-0.39, 0.29) is 5.69 Å². The molecule has 0 bridgehead atoms. The smallest absolute Gasteiger partial charge is 0.343 e. The molecule has 0 radical (unpaired) electrons. The van der Waals surface area contributed by atoms with Crippen molar-refractivity contribution >= 4 is 27.4 Å². The van der Waals surface area contributed by atoms with Crippen LogP contribution in [0, 0.1) is 6.92 Å². The lowest BCUT2D eigenvalue weighted by atomic mass is 10.2. The fourth-order valence-corrected chi connectivity index (χ4v) is 3.38. The summed E-state index contributed by atoms with van der Waals surface area (Å²) >= 11 is 1.60. The minimum absolute atomic E-state index is 0.131. The number of thiophene rings is 1. The van der Waals surface area contributed by atoms with E-state index in [1.165, 1.54) is 0 Å². The molecular weight excluding hydrogens is 288 g/mol. The van der Waals surface area contributed by atoms with Crippen molar-refractivity contribution in [3.63, 3.8) is 0 Å². The second kappa shape index (κ2) is 4.66. The van der Waals surface area contributed by atoms with E-state index < -0.39 is 0 Å². The monoisotopic (exact) mass is 302 g/mol. The molecule has 0 atom stereocenters. The Labute approximate surface area is 124 Å². The first-order chi connectivity index (χ1) is 10.2. The summed E-state index contributed by atoms with van der Waals surface area (Å²) in [5, 5.41) is 13.0. The van der Waals surface area contributed by atoms with Crippen LogP contribution in [-0.4, -0.2) is 24.7 Å². The number of nitrogens with zero attached hydrogens (tertiary/aromatic N) is 4. The molecule has 7 nitrogen and oxygen atoms in total. The molecule has 8 heteroatoms. The molecule has 3 heterocycles. The van der Waals surface area contributed by atoms with Crippen molar-refractivity contribution < 1.29 is 0 Å². The lowest BCUT2D eigenvalue weighted by molar-refractivity contribution is 0.668. The van der Waals surface area contributed by atoms with Crippen LogP contribution < -0.4 is 11.0 Å². The summed E-state index contributed by atoms with van der Waals surface area (Å²) in [5.41, 5.74) is 1.02. The molecule has 0 aliphatic heterocycles. The number of H-pyrrole nitrogens is 1. The topological polar surface area (TPSA) is 88.5 Å². The normalized spacial score (nSPS) is 14.7. The van der Waals surface area contributed by atoms with Crippen LogP contribution >= 0.6 is 11.3 Å². The fraction of sp³-hybridized carbons (Fsp3) is 0.385. The highest BCUT2D eigenvalue weighted by Gasteiger charge is 2.28. The summed E-state index contributed by atoms with van der Waals surface area (Å²) in [4.78, 5) is 21.3. The molecule has 3 aromatic rings. The number of hydrogen-bond acceptors (Lipinski definition) is 6. The van der Waals surface area contributed by atoms with Crippen molar-refractivity contribution in [3.8, 4) is 0 Å². The zero-order valence-corrected chi connectivity index (χ0v) is 12.3. The predicted octanol–water partition coefficient (Wildman–Crippen LogP) is 1.83. The molecule has 0 unspecified atom stereocenters. The summed E-state index contributed by atoms with van der Waals surface area (Å²) in [5.74, 6) is 1.51. The summed E-state index contributed by atoms with van der Waals surface area (Å²) in [6.45, 7) is 2.51. The summed E-state index contributed by atoms with van der Waals surface area (Å²) in [7, 11) is 0. The van der Waals surface area contributed by atoms with E-state index in [0.29, 0.717) is 12.6 Å². The highest BCUT2D eigenvalue weighted by atomic mass is 32.1. The van der Waals surface area contributed by atoms with Crippen LogP contribution in [0.1, 0.15) is 30.3 Å². The van der Waals surface area contributed by atoms with Crippen LogP contribution in [0.2, 0.25) is 0 Å². The van der Waals surface area contributed by atoms with Gasteiger partial charge in [-0.05, 0) is 30.7 Å². The van der Waals surface area contributed by atoms with Crippen molar-refractivity contribution in [3.05, 3.63) is 33.6 Å². The Bertz CT molecular complexity index is 859. The van der Waals surface area contributed by atoms with Gasteiger partial charge in [0.15, 0.2) is 5.82 Å². The summed E-state index contributed by atoms with van der Waals surface area (Å²) in [6.07, 6.45) is 3.65. The van der Waals surface area contributed by atoms with Gasteiger partial charge in [0.05, 0.1) is 11.9 Å². The molecule has 1 fully saturated rings. The standard InChI is InChI=1S/C13H14N6OS/c1-7-5-21-12-10(7)11(15-6-16-12)14-4-9-17-18-13(20)19(9)8-2-3-8/h5-6,8H,2-4H2,1H3,(H,18,20)(H,14,15,16). The first-order valence-electron chi connectivity index (χ1n) is 6.82. The third kappa shape index (κ3) is 2.11. The lowest BCUT2D eigenvalue weighted by Gasteiger charge is -2.07.